The van der Waals surface area contributed by atoms with Crippen LogP contribution in [0.1, 0.15) is 27.2 Å². The molecule has 1 heterocycles. The summed E-state index contributed by atoms with van der Waals surface area (Å²) in [6.45, 7) is 5.95. The molecule has 0 aromatic heterocycles. The van der Waals surface area contributed by atoms with Crippen molar-refractivity contribution in [3.05, 3.63) is 0 Å². The molecular formula is C9H18NO2P. The van der Waals surface area contributed by atoms with Crippen molar-refractivity contribution < 1.29 is 9.84 Å². The summed E-state index contributed by atoms with van der Waals surface area (Å²) >= 11 is 0. The Morgan fingerprint density at radius 2 is 2.31 bits per heavy atom. The molecule has 1 saturated heterocycles. The standard InChI is InChI=1S/C9H18NO2P/c1-4-7-9(11)5(2)8(10-13)6(3)12-7/h5-9,11,13H,4H2,1-3H3/t5-,6+,7?,8?,9+/m1/s1. The van der Waals surface area contributed by atoms with Crippen LogP contribution in [-0.2, 0) is 4.74 Å². The fourth-order valence-corrected chi connectivity index (χ4v) is 2.34. The van der Waals surface area contributed by atoms with Crippen molar-refractivity contribution in [2.75, 3.05) is 0 Å². The molecule has 1 aliphatic rings. The minimum Gasteiger partial charge on any atom is -0.390 e. The molecule has 0 amide bonds. The first-order valence-electron chi connectivity index (χ1n) is 5.24. The molecule has 1 N–H and O–H groups in total. The van der Waals surface area contributed by atoms with Gasteiger partial charge in [0.25, 0.3) is 0 Å². The summed E-state index contributed by atoms with van der Waals surface area (Å²) in [6, 6.07) is -0.0491. The Morgan fingerprint density at radius 1 is 1.62 bits per heavy atom. The van der Waals surface area contributed by atoms with E-state index in [1.54, 1.807) is 0 Å². The van der Waals surface area contributed by atoms with Gasteiger partial charge in [-0.25, -0.2) is 0 Å². The highest BCUT2D eigenvalue weighted by molar-refractivity contribution is 7.04. The summed E-state index contributed by atoms with van der Waals surface area (Å²) in [5.74, 6) is 0.0848. The summed E-state index contributed by atoms with van der Waals surface area (Å²) in [7, 11) is 0.269. The maximum atomic E-state index is 9.90. The zero-order valence-electron chi connectivity index (χ0n) is 9.34. The highest BCUT2D eigenvalue weighted by Gasteiger charge is 2.39. The number of rotatable bonds is 2. The Hall–Kier alpha value is 0.0200. The van der Waals surface area contributed by atoms with Crippen LogP contribution in [0.15, 0.2) is 4.74 Å². The maximum Gasteiger partial charge on any atom is 0.114 e. The molecule has 1 fully saturated rings. The predicted octanol–water partition coefficient (Wildman–Crippen LogP) is 1.88. The van der Waals surface area contributed by atoms with E-state index in [-0.39, 0.29) is 33.1 Å². The van der Waals surface area contributed by atoms with Crippen molar-refractivity contribution in [3.63, 3.8) is 0 Å². The molecule has 0 bridgehead atoms. The van der Waals surface area contributed by atoms with Crippen molar-refractivity contribution in [2.45, 2.75) is 51.5 Å². The zero-order valence-corrected chi connectivity index (χ0v) is 9.24. The molecule has 5 atom stereocenters. The number of hydrogen-bond acceptors (Lipinski definition) is 3. The van der Waals surface area contributed by atoms with Gasteiger partial charge in [-0.05, 0) is 22.3 Å². The number of nitrogens with zero attached hydrogens (tertiary/aromatic N) is 1. The first kappa shape index (κ1) is 9.57. The Labute approximate surface area is 83.1 Å². The predicted molar refractivity (Wildman–Crippen MR) is 54.3 cm³/mol. The van der Waals surface area contributed by atoms with Gasteiger partial charge >= 0.3 is 0 Å². The van der Waals surface area contributed by atoms with Crippen LogP contribution in [-0.4, -0.2) is 30.7 Å². The third-order valence-electron chi connectivity index (χ3n) is 2.86. The van der Waals surface area contributed by atoms with Gasteiger partial charge in [0, 0.05) is 5.92 Å². The van der Waals surface area contributed by atoms with Crippen molar-refractivity contribution >= 4 is 8.98 Å². The summed E-state index contributed by atoms with van der Waals surface area (Å²) in [4.78, 5) is 0. The van der Waals surface area contributed by atoms with E-state index in [0.717, 1.165) is 6.42 Å². The monoisotopic (exact) mass is 206 g/mol. The Balaban J connectivity index is 2.73. The molecule has 0 radical (unpaired) electrons. The van der Waals surface area contributed by atoms with Gasteiger partial charge in [-0.1, -0.05) is 13.8 Å². The van der Waals surface area contributed by atoms with Crippen molar-refractivity contribution in [3.8, 4) is 0 Å². The summed E-state index contributed by atoms with van der Waals surface area (Å²) in [5.41, 5.74) is 0. The lowest BCUT2D eigenvalue weighted by Gasteiger charge is -2.40. The number of hydrogen-bond donors (Lipinski definition) is 1. The SMILES string of the molecule is [4H]/P=N\C1[C@H](C)OC(CC)[C@@H](O)[C@@H]1C. The van der Waals surface area contributed by atoms with Gasteiger partial charge in [-0.3, -0.25) is 4.74 Å². The summed E-state index contributed by atoms with van der Waals surface area (Å²) < 4.78 is 16.8. The Morgan fingerprint density at radius 3 is 2.85 bits per heavy atom. The van der Waals surface area contributed by atoms with Crippen LogP contribution in [0, 0.1) is 5.92 Å². The Kier molecular flexibility index (Phi) is 3.31. The average molecular weight is 206 g/mol. The van der Waals surface area contributed by atoms with E-state index in [4.69, 9.17) is 6.02 Å². The smallest absolute Gasteiger partial charge is 0.114 e. The molecule has 4 heteroatoms. The maximum absolute atomic E-state index is 9.90. The van der Waals surface area contributed by atoms with E-state index in [2.05, 4.69) is 4.74 Å². The minimum absolute atomic E-state index is 0.0104. The molecule has 0 aromatic rings. The molecule has 1 aliphatic heterocycles. The van der Waals surface area contributed by atoms with Crippen LogP contribution in [0.4, 0.5) is 0 Å². The topological polar surface area (TPSA) is 41.8 Å². The molecule has 0 saturated carbocycles. The van der Waals surface area contributed by atoms with Gasteiger partial charge in [-0.2, -0.15) is 0 Å². The van der Waals surface area contributed by atoms with Crippen LogP contribution >= 0.6 is 8.98 Å². The van der Waals surface area contributed by atoms with Crippen molar-refractivity contribution in [2.24, 2.45) is 10.7 Å². The van der Waals surface area contributed by atoms with E-state index in [0.29, 0.717) is 0 Å². The first-order valence-corrected chi connectivity index (χ1v) is 5.19. The molecule has 1 rings (SSSR count). The Bertz CT molecular complexity index is 215. The van der Waals surface area contributed by atoms with Crippen molar-refractivity contribution in [1.29, 1.82) is 1.28 Å². The molecule has 13 heavy (non-hydrogen) atoms. The fourth-order valence-electron chi connectivity index (χ4n) is 1.94. The first-order chi connectivity index (χ1) is 6.61. The molecule has 76 valence electrons. The lowest BCUT2D eigenvalue weighted by molar-refractivity contribution is -0.144. The highest BCUT2D eigenvalue weighted by Crippen LogP contribution is 2.29. The molecular weight excluding hydrogens is 185 g/mol. The van der Waals surface area contributed by atoms with Crippen LogP contribution in [0.25, 0.3) is 0 Å². The normalized spacial score (nSPS) is 48.0. The van der Waals surface area contributed by atoms with Gasteiger partial charge in [0.15, 0.2) is 0 Å². The van der Waals surface area contributed by atoms with E-state index < -0.39 is 6.10 Å². The second kappa shape index (κ2) is 4.50. The lowest BCUT2D eigenvalue weighted by atomic mass is 9.86. The molecule has 3 nitrogen and oxygen atoms in total. The van der Waals surface area contributed by atoms with E-state index in [1.807, 2.05) is 20.8 Å². The van der Waals surface area contributed by atoms with Gasteiger partial charge in [-0.15, -0.1) is 0 Å². The number of ether oxygens (including phenoxy) is 1. The van der Waals surface area contributed by atoms with E-state index in [9.17, 15) is 5.11 Å². The fraction of sp³-hybridized carbons (Fsp3) is 1.00. The highest BCUT2D eigenvalue weighted by atomic mass is 31.0. The minimum atomic E-state index is -0.452. The van der Waals surface area contributed by atoms with Gasteiger partial charge < -0.3 is 9.84 Å². The molecule has 0 aromatic carbocycles. The van der Waals surface area contributed by atoms with E-state index in [1.165, 1.54) is 0 Å². The number of aliphatic hydroxyl groups excluding tert-OH is 1. The zero-order chi connectivity index (χ0) is 10.7. The van der Waals surface area contributed by atoms with Crippen molar-refractivity contribution in [1.82, 2.24) is 0 Å². The molecule has 0 aliphatic carbocycles. The number of aliphatic hydroxyl groups is 1. The summed E-state index contributed by atoms with van der Waals surface area (Å²) in [6.07, 6.45) is 0.304. The van der Waals surface area contributed by atoms with Crippen LogP contribution in [0.3, 0.4) is 0 Å². The summed E-state index contributed by atoms with van der Waals surface area (Å²) in [5, 5.41) is 9.90. The second-order valence-electron chi connectivity index (χ2n) is 3.74. The van der Waals surface area contributed by atoms with Crippen LogP contribution < -0.4 is 0 Å². The van der Waals surface area contributed by atoms with Gasteiger partial charge in [0.1, 0.15) is 1.28 Å². The van der Waals surface area contributed by atoms with E-state index >= 15 is 0 Å². The quantitative estimate of drug-likeness (QED) is 0.701. The third kappa shape index (κ3) is 2.09. The largest absolute Gasteiger partial charge is 0.390 e. The average Bonchev–Trinajstić information content (AvgIpc) is 2.18. The van der Waals surface area contributed by atoms with Gasteiger partial charge in [0.2, 0.25) is 0 Å². The lowest BCUT2D eigenvalue weighted by Crippen LogP contribution is -2.50. The third-order valence-corrected chi connectivity index (χ3v) is 3.13. The molecule has 2 unspecified atom stereocenters. The van der Waals surface area contributed by atoms with Crippen LogP contribution in [0.2, 0.25) is 0 Å². The van der Waals surface area contributed by atoms with Gasteiger partial charge in [0.05, 0.1) is 24.4 Å². The second-order valence-corrected chi connectivity index (χ2v) is 3.97. The molecule has 0 spiro atoms. The van der Waals surface area contributed by atoms with Crippen LogP contribution in [0.5, 0.6) is 0 Å².